The number of amides is 1. The molecule has 2 rings (SSSR count). The molecule has 0 spiro atoms. The number of carbonyl (C=O) groups excluding carboxylic acids is 1. The van der Waals surface area contributed by atoms with Crippen LogP contribution in [-0.4, -0.2) is 24.0 Å². The van der Waals surface area contributed by atoms with Gasteiger partial charge in [-0.15, -0.1) is 0 Å². The standard InChI is InChI=1S/C14H23N3O/c1-13(2,11-5-3-8-16-11)10-17-12(18)14(9-15)6-4-7-14/h3,5,8,16H,4,6-7,9-10,15H2,1-2H3,(H,17,18). The SMILES string of the molecule is CC(C)(CNC(=O)C1(CN)CCC1)c1ccc[nH]1. The van der Waals surface area contributed by atoms with Crippen LogP contribution in [0.25, 0.3) is 0 Å². The lowest BCUT2D eigenvalue weighted by molar-refractivity contribution is -0.135. The number of hydrogen-bond donors (Lipinski definition) is 3. The molecule has 100 valence electrons. The predicted octanol–water partition coefficient (Wildman–Crippen LogP) is 1.54. The number of nitrogens with two attached hydrogens (primary N) is 1. The fourth-order valence-electron chi connectivity index (χ4n) is 2.46. The highest BCUT2D eigenvalue weighted by atomic mass is 16.2. The van der Waals surface area contributed by atoms with Crippen LogP contribution in [-0.2, 0) is 10.2 Å². The molecule has 1 saturated carbocycles. The third kappa shape index (κ3) is 2.29. The van der Waals surface area contributed by atoms with Gasteiger partial charge in [0, 0.05) is 30.4 Å². The molecule has 1 amide bonds. The molecule has 4 N–H and O–H groups in total. The van der Waals surface area contributed by atoms with Crippen molar-refractivity contribution in [3.8, 4) is 0 Å². The number of aromatic amines is 1. The first kappa shape index (κ1) is 13.1. The minimum absolute atomic E-state index is 0.0846. The third-order valence-corrected chi connectivity index (χ3v) is 4.20. The van der Waals surface area contributed by atoms with Gasteiger partial charge in [-0.2, -0.15) is 0 Å². The van der Waals surface area contributed by atoms with Crippen molar-refractivity contribution in [1.29, 1.82) is 0 Å². The van der Waals surface area contributed by atoms with Crippen molar-refractivity contribution in [1.82, 2.24) is 10.3 Å². The largest absolute Gasteiger partial charge is 0.364 e. The van der Waals surface area contributed by atoms with Gasteiger partial charge in [0.1, 0.15) is 0 Å². The van der Waals surface area contributed by atoms with Gasteiger partial charge in [-0.3, -0.25) is 4.79 Å². The van der Waals surface area contributed by atoms with E-state index in [2.05, 4.69) is 24.1 Å². The van der Waals surface area contributed by atoms with E-state index in [1.807, 2.05) is 18.3 Å². The molecule has 0 aromatic carbocycles. The van der Waals surface area contributed by atoms with Crippen molar-refractivity contribution in [2.75, 3.05) is 13.1 Å². The van der Waals surface area contributed by atoms with Gasteiger partial charge in [-0.05, 0) is 25.0 Å². The summed E-state index contributed by atoms with van der Waals surface area (Å²) >= 11 is 0. The Hall–Kier alpha value is -1.29. The Bertz CT molecular complexity index is 399. The molecule has 0 unspecified atom stereocenters. The maximum absolute atomic E-state index is 12.2. The fourth-order valence-corrected chi connectivity index (χ4v) is 2.46. The van der Waals surface area contributed by atoms with Gasteiger partial charge in [-0.1, -0.05) is 20.3 Å². The minimum Gasteiger partial charge on any atom is -0.364 e. The molecule has 4 heteroatoms. The summed E-state index contributed by atoms with van der Waals surface area (Å²) in [7, 11) is 0. The monoisotopic (exact) mass is 249 g/mol. The average Bonchev–Trinajstić information content (AvgIpc) is 2.80. The Morgan fingerprint density at radius 2 is 2.28 bits per heavy atom. The van der Waals surface area contributed by atoms with Crippen LogP contribution in [0.15, 0.2) is 18.3 Å². The highest BCUT2D eigenvalue weighted by Gasteiger charge is 2.43. The van der Waals surface area contributed by atoms with E-state index >= 15 is 0 Å². The molecular weight excluding hydrogens is 226 g/mol. The summed E-state index contributed by atoms with van der Waals surface area (Å²) in [5.74, 6) is 0.121. The Morgan fingerprint density at radius 3 is 2.72 bits per heavy atom. The van der Waals surface area contributed by atoms with Crippen LogP contribution >= 0.6 is 0 Å². The van der Waals surface area contributed by atoms with Crippen molar-refractivity contribution < 1.29 is 4.79 Å². The summed E-state index contributed by atoms with van der Waals surface area (Å²) in [4.78, 5) is 15.4. The van der Waals surface area contributed by atoms with Crippen LogP contribution in [0.1, 0.15) is 38.8 Å². The normalized spacial score (nSPS) is 18.2. The van der Waals surface area contributed by atoms with Crippen molar-refractivity contribution >= 4 is 5.91 Å². The highest BCUT2D eigenvalue weighted by molar-refractivity contribution is 5.83. The second kappa shape index (κ2) is 4.76. The van der Waals surface area contributed by atoms with Crippen LogP contribution in [0, 0.1) is 5.41 Å². The Morgan fingerprint density at radius 1 is 1.56 bits per heavy atom. The van der Waals surface area contributed by atoms with E-state index < -0.39 is 0 Å². The van der Waals surface area contributed by atoms with Crippen LogP contribution in [0.2, 0.25) is 0 Å². The number of aromatic nitrogens is 1. The second-order valence-corrected chi connectivity index (χ2v) is 5.99. The summed E-state index contributed by atoms with van der Waals surface area (Å²) in [6.45, 7) is 5.33. The van der Waals surface area contributed by atoms with Gasteiger partial charge < -0.3 is 16.0 Å². The summed E-state index contributed by atoms with van der Waals surface area (Å²) in [6, 6.07) is 4.03. The maximum Gasteiger partial charge on any atom is 0.227 e. The van der Waals surface area contributed by atoms with E-state index in [1.54, 1.807) is 0 Å². The Kier molecular flexibility index (Phi) is 3.48. The number of H-pyrrole nitrogens is 1. The van der Waals surface area contributed by atoms with Crippen LogP contribution in [0.3, 0.4) is 0 Å². The zero-order valence-electron chi connectivity index (χ0n) is 11.3. The Balaban J connectivity index is 1.93. The lowest BCUT2D eigenvalue weighted by atomic mass is 9.68. The molecule has 1 aromatic heterocycles. The van der Waals surface area contributed by atoms with E-state index in [-0.39, 0.29) is 16.7 Å². The van der Waals surface area contributed by atoms with E-state index in [0.29, 0.717) is 13.1 Å². The molecule has 1 aromatic rings. The van der Waals surface area contributed by atoms with Gasteiger partial charge in [0.05, 0.1) is 5.41 Å². The zero-order valence-corrected chi connectivity index (χ0v) is 11.3. The lowest BCUT2D eigenvalue weighted by Crippen LogP contribution is -2.52. The first-order valence-corrected chi connectivity index (χ1v) is 6.62. The third-order valence-electron chi connectivity index (χ3n) is 4.20. The molecule has 1 fully saturated rings. The second-order valence-electron chi connectivity index (χ2n) is 5.99. The molecule has 1 aliphatic rings. The van der Waals surface area contributed by atoms with Gasteiger partial charge in [-0.25, -0.2) is 0 Å². The molecule has 18 heavy (non-hydrogen) atoms. The number of rotatable bonds is 5. The topological polar surface area (TPSA) is 70.9 Å². The smallest absolute Gasteiger partial charge is 0.227 e. The molecule has 1 heterocycles. The molecule has 0 saturated heterocycles. The first-order chi connectivity index (χ1) is 8.50. The highest BCUT2D eigenvalue weighted by Crippen LogP contribution is 2.40. The zero-order chi connectivity index (χ0) is 13.2. The van der Waals surface area contributed by atoms with Crippen molar-refractivity contribution in [2.45, 2.75) is 38.5 Å². The van der Waals surface area contributed by atoms with E-state index in [0.717, 1.165) is 25.0 Å². The molecular formula is C14H23N3O. The maximum atomic E-state index is 12.2. The first-order valence-electron chi connectivity index (χ1n) is 6.62. The van der Waals surface area contributed by atoms with Gasteiger partial charge >= 0.3 is 0 Å². The quantitative estimate of drug-likeness (QED) is 0.740. The minimum atomic E-state index is -0.286. The number of carbonyl (C=O) groups is 1. The van der Waals surface area contributed by atoms with Crippen LogP contribution in [0.5, 0.6) is 0 Å². The summed E-state index contributed by atoms with van der Waals surface area (Å²) in [6.07, 6.45) is 4.88. The molecule has 0 radical (unpaired) electrons. The van der Waals surface area contributed by atoms with E-state index in [9.17, 15) is 4.79 Å². The van der Waals surface area contributed by atoms with Crippen LogP contribution < -0.4 is 11.1 Å². The van der Waals surface area contributed by atoms with E-state index in [4.69, 9.17) is 5.73 Å². The van der Waals surface area contributed by atoms with E-state index in [1.165, 1.54) is 0 Å². The molecule has 0 bridgehead atoms. The Labute approximate surface area is 108 Å². The predicted molar refractivity (Wildman–Crippen MR) is 72.2 cm³/mol. The fraction of sp³-hybridized carbons (Fsp3) is 0.643. The summed E-state index contributed by atoms with van der Waals surface area (Å²) < 4.78 is 0. The average molecular weight is 249 g/mol. The number of hydrogen-bond acceptors (Lipinski definition) is 2. The van der Waals surface area contributed by atoms with Crippen molar-refractivity contribution in [3.05, 3.63) is 24.0 Å². The molecule has 0 atom stereocenters. The summed E-state index contributed by atoms with van der Waals surface area (Å²) in [5.41, 5.74) is 6.50. The van der Waals surface area contributed by atoms with Crippen molar-refractivity contribution in [3.63, 3.8) is 0 Å². The lowest BCUT2D eigenvalue weighted by Gasteiger charge is -2.40. The number of nitrogens with one attached hydrogen (secondary N) is 2. The molecule has 4 nitrogen and oxygen atoms in total. The van der Waals surface area contributed by atoms with Crippen molar-refractivity contribution in [2.24, 2.45) is 11.1 Å². The summed E-state index contributed by atoms with van der Waals surface area (Å²) in [5, 5.41) is 3.07. The molecule has 1 aliphatic carbocycles. The van der Waals surface area contributed by atoms with Gasteiger partial charge in [0.2, 0.25) is 5.91 Å². The van der Waals surface area contributed by atoms with Gasteiger partial charge in [0.15, 0.2) is 0 Å². The molecule has 0 aliphatic heterocycles. The van der Waals surface area contributed by atoms with Gasteiger partial charge in [0.25, 0.3) is 0 Å². The van der Waals surface area contributed by atoms with Crippen LogP contribution in [0.4, 0.5) is 0 Å².